The van der Waals surface area contributed by atoms with Gasteiger partial charge in [0.1, 0.15) is 0 Å². The maximum absolute atomic E-state index is 5.94. The Morgan fingerprint density at radius 3 is 2.94 bits per heavy atom. The Kier molecular flexibility index (Phi) is 4.42. The fourth-order valence-corrected chi connectivity index (χ4v) is 1.84. The summed E-state index contributed by atoms with van der Waals surface area (Å²) in [6.07, 6.45) is 1.74. The van der Waals surface area contributed by atoms with E-state index in [1.54, 1.807) is 6.20 Å². The lowest BCUT2D eigenvalue weighted by Gasteiger charge is -2.11. The summed E-state index contributed by atoms with van der Waals surface area (Å²) in [6, 6.07) is 11.5. The van der Waals surface area contributed by atoms with Crippen LogP contribution in [0.5, 0.6) is 5.75 Å². The number of halogens is 1. The summed E-state index contributed by atoms with van der Waals surface area (Å²) >= 11 is 5.94. The van der Waals surface area contributed by atoms with Gasteiger partial charge in [0.25, 0.3) is 0 Å². The zero-order valence-electron chi connectivity index (χ0n) is 10.2. The van der Waals surface area contributed by atoms with Gasteiger partial charge in [0.05, 0.1) is 6.61 Å². The first kappa shape index (κ1) is 12.7. The zero-order valence-corrected chi connectivity index (χ0v) is 10.9. The van der Waals surface area contributed by atoms with E-state index in [1.165, 1.54) is 0 Å². The molecule has 94 valence electrons. The van der Waals surface area contributed by atoms with E-state index in [0.29, 0.717) is 13.2 Å². The highest BCUT2D eigenvalue weighted by atomic mass is 35.5. The van der Waals surface area contributed by atoms with Crippen LogP contribution < -0.4 is 10.1 Å². The van der Waals surface area contributed by atoms with Gasteiger partial charge in [-0.3, -0.25) is 0 Å². The highest BCUT2D eigenvalue weighted by Crippen LogP contribution is 2.21. The maximum Gasteiger partial charge on any atom is 0.169 e. The molecule has 1 aromatic carbocycles. The summed E-state index contributed by atoms with van der Waals surface area (Å²) in [5, 5.41) is 3.98. The number of aromatic nitrogens is 1. The van der Waals surface area contributed by atoms with Crippen molar-refractivity contribution < 1.29 is 4.74 Å². The van der Waals surface area contributed by atoms with Gasteiger partial charge in [-0.25, -0.2) is 4.98 Å². The number of hydrogen-bond acceptors (Lipinski definition) is 3. The van der Waals surface area contributed by atoms with Crippen LogP contribution in [0.1, 0.15) is 12.5 Å². The van der Waals surface area contributed by atoms with E-state index in [0.717, 1.165) is 22.2 Å². The van der Waals surface area contributed by atoms with Crippen LogP contribution in [-0.4, -0.2) is 11.6 Å². The molecule has 3 nitrogen and oxygen atoms in total. The molecular formula is C14H15ClN2O. The topological polar surface area (TPSA) is 34.1 Å². The molecule has 0 aliphatic heterocycles. The van der Waals surface area contributed by atoms with Crippen LogP contribution in [0.15, 0.2) is 42.6 Å². The van der Waals surface area contributed by atoms with E-state index in [1.807, 2.05) is 43.3 Å². The SMILES string of the molecule is CCOc1cccnc1NCc1cccc(Cl)c1. The second kappa shape index (κ2) is 6.26. The predicted molar refractivity (Wildman–Crippen MR) is 74.2 cm³/mol. The molecule has 4 heteroatoms. The fraction of sp³-hybridized carbons (Fsp3) is 0.214. The average Bonchev–Trinajstić information content (AvgIpc) is 2.38. The monoisotopic (exact) mass is 262 g/mol. The molecule has 0 amide bonds. The average molecular weight is 263 g/mol. The summed E-state index contributed by atoms with van der Waals surface area (Å²) in [5.74, 6) is 1.52. The first-order valence-corrected chi connectivity index (χ1v) is 6.23. The molecule has 0 radical (unpaired) electrons. The maximum atomic E-state index is 5.94. The lowest BCUT2D eigenvalue weighted by molar-refractivity contribution is 0.340. The molecule has 2 aromatic rings. The Labute approximate surface area is 112 Å². The predicted octanol–water partition coefficient (Wildman–Crippen LogP) is 3.75. The van der Waals surface area contributed by atoms with Crippen LogP contribution >= 0.6 is 11.6 Å². The van der Waals surface area contributed by atoms with Crippen molar-refractivity contribution in [2.75, 3.05) is 11.9 Å². The Morgan fingerprint density at radius 2 is 2.17 bits per heavy atom. The number of hydrogen-bond donors (Lipinski definition) is 1. The molecule has 0 saturated carbocycles. The zero-order chi connectivity index (χ0) is 12.8. The first-order chi connectivity index (χ1) is 8.79. The first-order valence-electron chi connectivity index (χ1n) is 5.85. The van der Waals surface area contributed by atoms with Gasteiger partial charge in [0.2, 0.25) is 0 Å². The van der Waals surface area contributed by atoms with E-state index in [-0.39, 0.29) is 0 Å². The van der Waals surface area contributed by atoms with Gasteiger partial charge in [-0.2, -0.15) is 0 Å². The summed E-state index contributed by atoms with van der Waals surface area (Å²) in [5.41, 5.74) is 1.11. The van der Waals surface area contributed by atoms with E-state index in [9.17, 15) is 0 Å². The molecule has 1 heterocycles. The van der Waals surface area contributed by atoms with Crippen LogP contribution in [0, 0.1) is 0 Å². The van der Waals surface area contributed by atoms with Crippen molar-refractivity contribution in [3.05, 3.63) is 53.2 Å². The minimum Gasteiger partial charge on any atom is -0.490 e. The van der Waals surface area contributed by atoms with Crippen LogP contribution in [0.2, 0.25) is 5.02 Å². The van der Waals surface area contributed by atoms with Gasteiger partial charge >= 0.3 is 0 Å². The summed E-state index contributed by atoms with van der Waals surface area (Å²) < 4.78 is 5.50. The van der Waals surface area contributed by atoms with Crippen molar-refractivity contribution in [2.24, 2.45) is 0 Å². The number of nitrogens with one attached hydrogen (secondary N) is 1. The van der Waals surface area contributed by atoms with Crippen molar-refractivity contribution in [3.63, 3.8) is 0 Å². The van der Waals surface area contributed by atoms with Gasteiger partial charge in [-0.15, -0.1) is 0 Å². The Morgan fingerprint density at radius 1 is 1.28 bits per heavy atom. The van der Waals surface area contributed by atoms with Crippen molar-refractivity contribution in [1.29, 1.82) is 0 Å². The summed E-state index contributed by atoms with van der Waals surface area (Å²) in [4.78, 5) is 4.27. The summed E-state index contributed by atoms with van der Waals surface area (Å²) in [7, 11) is 0. The quantitative estimate of drug-likeness (QED) is 0.891. The lowest BCUT2D eigenvalue weighted by atomic mass is 10.2. The van der Waals surface area contributed by atoms with Crippen molar-refractivity contribution in [3.8, 4) is 5.75 Å². The molecule has 0 bridgehead atoms. The van der Waals surface area contributed by atoms with Gasteiger partial charge in [0.15, 0.2) is 11.6 Å². The third-order valence-corrected chi connectivity index (χ3v) is 2.65. The molecule has 0 unspecified atom stereocenters. The number of anilines is 1. The van der Waals surface area contributed by atoms with E-state index in [4.69, 9.17) is 16.3 Å². The van der Waals surface area contributed by atoms with Gasteiger partial charge < -0.3 is 10.1 Å². The molecular weight excluding hydrogens is 248 g/mol. The molecule has 0 atom stereocenters. The second-order valence-electron chi connectivity index (χ2n) is 3.77. The smallest absolute Gasteiger partial charge is 0.169 e. The molecule has 0 aliphatic rings. The third-order valence-electron chi connectivity index (χ3n) is 2.42. The van der Waals surface area contributed by atoms with Crippen molar-refractivity contribution in [1.82, 2.24) is 4.98 Å². The number of nitrogens with zero attached hydrogens (tertiary/aromatic N) is 1. The van der Waals surface area contributed by atoms with E-state index in [2.05, 4.69) is 10.3 Å². The molecule has 1 N–H and O–H groups in total. The van der Waals surface area contributed by atoms with Gasteiger partial charge in [0, 0.05) is 17.8 Å². The van der Waals surface area contributed by atoms with Crippen LogP contribution in [0.4, 0.5) is 5.82 Å². The Hall–Kier alpha value is -1.74. The van der Waals surface area contributed by atoms with E-state index < -0.39 is 0 Å². The minimum atomic E-state index is 0.623. The minimum absolute atomic E-state index is 0.623. The van der Waals surface area contributed by atoms with Crippen LogP contribution in [0.3, 0.4) is 0 Å². The number of benzene rings is 1. The molecule has 2 rings (SSSR count). The Balaban J connectivity index is 2.06. The molecule has 0 spiro atoms. The fourth-order valence-electron chi connectivity index (χ4n) is 1.63. The van der Waals surface area contributed by atoms with Crippen molar-refractivity contribution >= 4 is 17.4 Å². The molecule has 0 fully saturated rings. The van der Waals surface area contributed by atoms with Crippen LogP contribution in [-0.2, 0) is 6.54 Å². The third kappa shape index (κ3) is 3.37. The molecule has 18 heavy (non-hydrogen) atoms. The van der Waals surface area contributed by atoms with Crippen molar-refractivity contribution in [2.45, 2.75) is 13.5 Å². The van der Waals surface area contributed by atoms with Gasteiger partial charge in [-0.1, -0.05) is 23.7 Å². The number of pyridine rings is 1. The Bertz CT molecular complexity index is 517. The number of ether oxygens (including phenoxy) is 1. The normalized spacial score (nSPS) is 10.1. The van der Waals surface area contributed by atoms with E-state index >= 15 is 0 Å². The molecule has 0 saturated heterocycles. The highest BCUT2D eigenvalue weighted by Gasteiger charge is 2.03. The second-order valence-corrected chi connectivity index (χ2v) is 4.20. The van der Waals surface area contributed by atoms with Crippen LogP contribution in [0.25, 0.3) is 0 Å². The largest absolute Gasteiger partial charge is 0.490 e. The standard InChI is InChI=1S/C14H15ClN2O/c1-2-18-13-7-4-8-16-14(13)17-10-11-5-3-6-12(15)9-11/h3-9H,2,10H2,1H3,(H,16,17). The lowest BCUT2D eigenvalue weighted by Crippen LogP contribution is -2.04. The number of rotatable bonds is 5. The molecule has 0 aliphatic carbocycles. The summed E-state index contributed by atoms with van der Waals surface area (Å²) in [6.45, 7) is 3.24. The molecule has 1 aromatic heterocycles. The van der Waals surface area contributed by atoms with Gasteiger partial charge in [-0.05, 0) is 36.8 Å². The highest BCUT2D eigenvalue weighted by molar-refractivity contribution is 6.30.